The van der Waals surface area contributed by atoms with E-state index in [9.17, 15) is 14.9 Å². The number of halogens is 2. The van der Waals surface area contributed by atoms with Crippen molar-refractivity contribution in [2.45, 2.75) is 13.8 Å². The zero-order valence-electron chi connectivity index (χ0n) is 19.7. The van der Waals surface area contributed by atoms with Gasteiger partial charge in [-0.15, -0.1) is 0 Å². The van der Waals surface area contributed by atoms with Crippen molar-refractivity contribution in [2.75, 3.05) is 19.0 Å². The van der Waals surface area contributed by atoms with Crippen molar-refractivity contribution in [3.05, 3.63) is 86.4 Å². The first-order valence-corrected chi connectivity index (χ1v) is 11.9. The third kappa shape index (κ3) is 6.45. The summed E-state index contributed by atoms with van der Waals surface area (Å²) in [5.41, 5.74) is 1.86. The number of nitrogens with one attached hydrogen (secondary N) is 1. The summed E-state index contributed by atoms with van der Waals surface area (Å²) < 4.78 is 16.8. The number of methoxy groups -OCH3 is 1. The highest BCUT2D eigenvalue weighted by Crippen LogP contribution is 2.38. The molecule has 0 aliphatic rings. The molecule has 0 aliphatic carbocycles. The van der Waals surface area contributed by atoms with Gasteiger partial charge in [0.05, 0.1) is 34.5 Å². The summed E-state index contributed by atoms with van der Waals surface area (Å²) in [7, 11) is 1.54. The number of amides is 1. The number of nitriles is 1. The van der Waals surface area contributed by atoms with E-state index in [1.54, 1.807) is 68.4 Å². The van der Waals surface area contributed by atoms with Crippen LogP contribution in [0.2, 0.25) is 5.02 Å². The molecule has 9 heteroatoms. The first-order chi connectivity index (χ1) is 17.3. The van der Waals surface area contributed by atoms with Crippen LogP contribution in [0.4, 0.5) is 5.69 Å². The largest absolute Gasteiger partial charge is 0.497 e. The summed E-state index contributed by atoms with van der Waals surface area (Å²) in [4.78, 5) is 25.5. The Labute approximate surface area is 222 Å². The van der Waals surface area contributed by atoms with E-state index in [2.05, 4.69) is 21.2 Å². The van der Waals surface area contributed by atoms with E-state index in [1.807, 2.05) is 6.07 Å². The fraction of sp³-hybridized carbons (Fsp3) is 0.148. The van der Waals surface area contributed by atoms with Gasteiger partial charge in [0.1, 0.15) is 17.4 Å². The summed E-state index contributed by atoms with van der Waals surface area (Å²) in [5.74, 6) is -0.155. The molecule has 0 heterocycles. The molecule has 0 saturated heterocycles. The first-order valence-electron chi connectivity index (χ1n) is 10.8. The minimum Gasteiger partial charge on any atom is -0.497 e. The van der Waals surface area contributed by atoms with Crippen molar-refractivity contribution in [1.29, 1.82) is 5.26 Å². The number of benzene rings is 3. The average molecular weight is 570 g/mol. The van der Waals surface area contributed by atoms with E-state index >= 15 is 0 Å². The van der Waals surface area contributed by atoms with Crippen molar-refractivity contribution in [2.24, 2.45) is 0 Å². The van der Waals surface area contributed by atoms with Crippen LogP contribution in [0.1, 0.15) is 28.4 Å². The fourth-order valence-corrected chi connectivity index (χ4v) is 4.01. The standard InChI is InChI=1S/C27H22BrClN2O5/c1-4-35-23-14-17(12-19(15-30)26(32)31-24-16(2)6-5-7-22(24)29)13-21(28)25(23)36-27(33)18-8-10-20(34-3)11-9-18/h5-14H,4H2,1-3H3,(H,31,32)/b19-12+. The van der Waals surface area contributed by atoms with Crippen LogP contribution < -0.4 is 19.5 Å². The van der Waals surface area contributed by atoms with E-state index < -0.39 is 11.9 Å². The van der Waals surface area contributed by atoms with Gasteiger partial charge in [0.2, 0.25) is 0 Å². The summed E-state index contributed by atoms with van der Waals surface area (Å²) in [5, 5.41) is 12.7. The number of rotatable bonds is 8. The van der Waals surface area contributed by atoms with Crippen LogP contribution in [0.5, 0.6) is 17.2 Å². The molecule has 0 spiro atoms. The van der Waals surface area contributed by atoms with Gasteiger partial charge in [-0.1, -0.05) is 23.7 Å². The van der Waals surface area contributed by atoms with Crippen LogP contribution in [0.3, 0.4) is 0 Å². The second kappa shape index (κ2) is 12.2. The van der Waals surface area contributed by atoms with Crippen LogP contribution in [-0.2, 0) is 4.79 Å². The average Bonchev–Trinajstić information content (AvgIpc) is 2.86. The zero-order valence-corrected chi connectivity index (χ0v) is 22.1. The number of esters is 1. The lowest BCUT2D eigenvalue weighted by atomic mass is 10.1. The van der Waals surface area contributed by atoms with E-state index in [0.29, 0.717) is 38.7 Å². The van der Waals surface area contributed by atoms with Gasteiger partial charge in [-0.2, -0.15) is 5.26 Å². The van der Waals surface area contributed by atoms with Gasteiger partial charge >= 0.3 is 5.97 Å². The molecule has 7 nitrogen and oxygen atoms in total. The first kappa shape index (κ1) is 26.8. The molecule has 0 radical (unpaired) electrons. The number of aryl methyl sites for hydroxylation is 1. The molecule has 0 atom stereocenters. The molecular formula is C27H22BrClN2O5. The Bertz CT molecular complexity index is 1340. The molecule has 3 aromatic carbocycles. The van der Waals surface area contributed by atoms with Crippen LogP contribution >= 0.6 is 27.5 Å². The molecular weight excluding hydrogens is 548 g/mol. The molecule has 1 N–H and O–H groups in total. The molecule has 0 bridgehead atoms. The number of hydrogen-bond acceptors (Lipinski definition) is 6. The Kier molecular flexibility index (Phi) is 9.12. The van der Waals surface area contributed by atoms with Crippen LogP contribution in [0, 0.1) is 18.3 Å². The Morgan fingerprint density at radius 1 is 1.17 bits per heavy atom. The van der Waals surface area contributed by atoms with Gasteiger partial charge in [0, 0.05) is 0 Å². The highest BCUT2D eigenvalue weighted by atomic mass is 79.9. The number of anilines is 1. The predicted molar refractivity (Wildman–Crippen MR) is 142 cm³/mol. The van der Waals surface area contributed by atoms with E-state index in [4.69, 9.17) is 25.8 Å². The maximum absolute atomic E-state index is 12.8. The van der Waals surface area contributed by atoms with Gasteiger partial charge in [0.25, 0.3) is 5.91 Å². The SMILES string of the molecule is CCOc1cc(/C=C(\C#N)C(=O)Nc2c(C)cccc2Cl)cc(Br)c1OC(=O)c1ccc(OC)cc1. The number of nitrogens with zero attached hydrogens (tertiary/aromatic N) is 1. The Morgan fingerprint density at radius 2 is 1.89 bits per heavy atom. The van der Waals surface area contributed by atoms with Crippen LogP contribution in [-0.4, -0.2) is 25.6 Å². The molecule has 0 fully saturated rings. The smallest absolute Gasteiger partial charge is 0.343 e. The maximum atomic E-state index is 12.8. The van der Waals surface area contributed by atoms with E-state index in [-0.39, 0.29) is 17.1 Å². The number of para-hydroxylation sites is 1. The predicted octanol–water partition coefficient (Wildman–Crippen LogP) is 6.58. The zero-order chi connectivity index (χ0) is 26.2. The van der Waals surface area contributed by atoms with Crippen molar-refractivity contribution in [1.82, 2.24) is 0 Å². The van der Waals surface area contributed by atoms with Crippen molar-refractivity contribution in [3.63, 3.8) is 0 Å². The molecule has 36 heavy (non-hydrogen) atoms. The lowest BCUT2D eigenvalue weighted by molar-refractivity contribution is -0.112. The normalized spacial score (nSPS) is 10.8. The number of carbonyl (C=O) groups is 2. The monoisotopic (exact) mass is 568 g/mol. The second-order valence-electron chi connectivity index (χ2n) is 7.44. The highest BCUT2D eigenvalue weighted by Gasteiger charge is 2.19. The Hall–Kier alpha value is -3.80. The molecule has 1 amide bonds. The summed E-state index contributed by atoms with van der Waals surface area (Å²) in [6.07, 6.45) is 1.41. The van der Waals surface area contributed by atoms with Gasteiger partial charge in [0.15, 0.2) is 11.5 Å². The minimum atomic E-state index is -0.613. The Balaban J connectivity index is 1.90. The molecule has 0 unspecified atom stereocenters. The summed E-state index contributed by atoms with van der Waals surface area (Å²) in [6.45, 7) is 3.88. The minimum absolute atomic E-state index is 0.147. The van der Waals surface area contributed by atoms with Crippen molar-refractivity contribution in [3.8, 4) is 23.3 Å². The third-order valence-corrected chi connectivity index (χ3v) is 5.89. The van der Waals surface area contributed by atoms with Gasteiger partial charge < -0.3 is 19.5 Å². The summed E-state index contributed by atoms with van der Waals surface area (Å²) >= 11 is 9.60. The second-order valence-corrected chi connectivity index (χ2v) is 8.70. The lowest BCUT2D eigenvalue weighted by Gasteiger charge is -2.14. The molecule has 184 valence electrons. The highest BCUT2D eigenvalue weighted by molar-refractivity contribution is 9.10. The molecule has 3 rings (SSSR count). The van der Waals surface area contributed by atoms with Gasteiger partial charge in [-0.3, -0.25) is 4.79 Å². The molecule has 0 aromatic heterocycles. The van der Waals surface area contributed by atoms with Crippen molar-refractivity contribution < 1.29 is 23.8 Å². The number of hydrogen-bond donors (Lipinski definition) is 1. The topological polar surface area (TPSA) is 97.6 Å². The number of ether oxygens (including phenoxy) is 3. The quantitative estimate of drug-likeness (QED) is 0.142. The third-order valence-electron chi connectivity index (χ3n) is 4.99. The van der Waals surface area contributed by atoms with Crippen LogP contribution in [0.25, 0.3) is 6.08 Å². The Morgan fingerprint density at radius 3 is 2.50 bits per heavy atom. The summed E-state index contributed by atoms with van der Waals surface area (Å²) in [6, 6.07) is 16.8. The van der Waals surface area contributed by atoms with Gasteiger partial charge in [-0.05, 0) is 89.4 Å². The van der Waals surface area contributed by atoms with E-state index in [1.165, 1.54) is 13.2 Å². The van der Waals surface area contributed by atoms with Crippen LogP contribution in [0.15, 0.2) is 64.6 Å². The number of carbonyl (C=O) groups excluding carboxylic acids is 2. The lowest BCUT2D eigenvalue weighted by Crippen LogP contribution is -2.14. The van der Waals surface area contributed by atoms with Crippen molar-refractivity contribution >= 4 is 51.2 Å². The molecule has 0 aliphatic heterocycles. The molecule has 3 aromatic rings. The maximum Gasteiger partial charge on any atom is 0.343 e. The van der Waals surface area contributed by atoms with E-state index in [0.717, 1.165) is 5.56 Å². The fourth-order valence-electron chi connectivity index (χ4n) is 3.20. The molecule has 0 saturated carbocycles. The van der Waals surface area contributed by atoms with Gasteiger partial charge in [-0.25, -0.2) is 4.79 Å².